The molecule has 364 valence electrons. The number of nitrogens with zero attached hydrogens (tertiary/aromatic N) is 6. The van der Waals surface area contributed by atoms with Crippen molar-refractivity contribution in [2.45, 2.75) is 154 Å². The lowest BCUT2D eigenvalue weighted by atomic mass is 9.78. The van der Waals surface area contributed by atoms with Gasteiger partial charge in [-0.05, 0) is 92.1 Å². The van der Waals surface area contributed by atoms with Gasteiger partial charge in [0.05, 0.1) is 60.4 Å². The third-order valence-electron chi connectivity index (χ3n) is 13.9. The number of esters is 1. The minimum atomic E-state index is -1.77. The van der Waals surface area contributed by atoms with Gasteiger partial charge >= 0.3 is 12.1 Å². The van der Waals surface area contributed by atoms with Gasteiger partial charge in [-0.15, -0.1) is 0 Å². The van der Waals surface area contributed by atoms with Gasteiger partial charge in [-0.25, -0.2) is 14.6 Å². The molecule has 2 aromatic rings. The van der Waals surface area contributed by atoms with Crippen LogP contribution in [0.2, 0.25) is 0 Å². The number of quaternary nitrogens is 1. The number of nitrogens with two attached hydrogens (primary N) is 1. The fourth-order valence-electron chi connectivity index (χ4n) is 9.98. The molecule has 1 amide bonds. The van der Waals surface area contributed by atoms with Gasteiger partial charge in [-0.2, -0.15) is 4.98 Å². The van der Waals surface area contributed by atoms with Crippen LogP contribution in [-0.4, -0.2) is 164 Å². The van der Waals surface area contributed by atoms with Crippen molar-refractivity contribution in [3.05, 3.63) is 42.3 Å². The fraction of sp³-hybridized carbons (Fsp3) is 0.733. The van der Waals surface area contributed by atoms with Gasteiger partial charge in [0, 0.05) is 43.9 Å². The summed E-state index contributed by atoms with van der Waals surface area (Å²) in [4.78, 5) is 35.9. The molecule has 65 heavy (non-hydrogen) atoms. The van der Waals surface area contributed by atoms with Crippen LogP contribution >= 0.6 is 0 Å². The first kappa shape index (κ1) is 50.6. The highest BCUT2D eigenvalue weighted by Gasteiger charge is 2.49. The lowest BCUT2D eigenvalue weighted by Crippen LogP contribution is -2.90. The number of hydrogen-bond donors (Lipinski definition) is 6. The number of halogens is 1. The monoisotopic (exact) mass is 920 g/mol. The van der Waals surface area contributed by atoms with Crippen LogP contribution in [0.3, 0.4) is 0 Å². The number of aromatic nitrogens is 2. The summed E-state index contributed by atoms with van der Waals surface area (Å²) in [6.07, 6.45) is -0.912. The SMILES string of the molecule is CC[C@H]1OC(=O)[C@H](C)[C@@H](O)[C@H](C)[C@@H](O[C@H]2C[C@@H](N(C)CCC3=CN(C[C@H]4CN(c5ccc(-c6ncon6)c(F)c5)C(=O)O4)N[NH2+]3)C[C@@H](C)O2)[C@](C)(O)C[C@@H](C)CN(C)[C@H](C)[C@@H](O)[C@]1(C)O. The highest BCUT2D eigenvalue weighted by molar-refractivity contribution is 5.90. The van der Waals surface area contributed by atoms with E-state index in [-0.39, 0.29) is 48.8 Å². The molecule has 6 rings (SSSR count). The number of ether oxygens (including phenoxy) is 4. The summed E-state index contributed by atoms with van der Waals surface area (Å²) in [5.41, 5.74) is 3.47. The number of rotatable bonds is 11. The van der Waals surface area contributed by atoms with Crippen LogP contribution in [0.15, 0.2) is 41.0 Å². The first-order chi connectivity index (χ1) is 30.6. The zero-order valence-electron chi connectivity index (χ0n) is 39.5. The van der Waals surface area contributed by atoms with E-state index in [9.17, 15) is 34.4 Å². The van der Waals surface area contributed by atoms with Gasteiger partial charge in [0.2, 0.25) is 12.2 Å². The first-order valence-corrected chi connectivity index (χ1v) is 22.9. The van der Waals surface area contributed by atoms with E-state index in [1.807, 2.05) is 42.4 Å². The molecule has 0 unspecified atom stereocenters. The summed E-state index contributed by atoms with van der Waals surface area (Å²) < 4.78 is 44.2. The molecule has 0 aliphatic carbocycles. The zero-order chi connectivity index (χ0) is 47.5. The largest absolute Gasteiger partial charge is 0.459 e. The fourth-order valence-corrected chi connectivity index (χ4v) is 9.98. The molecule has 0 saturated carbocycles. The number of hydrazine groups is 1. The van der Waals surface area contributed by atoms with Crippen LogP contribution in [0.4, 0.5) is 14.9 Å². The average molecular weight is 920 g/mol. The number of nitrogens with one attached hydrogen (secondary N) is 1. The predicted octanol–water partition coefficient (Wildman–Crippen LogP) is 2.12. The number of hydrogen-bond acceptors (Lipinski definition) is 17. The minimum Gasteiger partial charge on any atom is -0.459 e. The number of anilines is 1. The van der Waals surface area contributed by atoms with E-state index < -0.39 is 83.8 Å². The summed E-state index contributed by atoms with van der Waals surface area (Å²) in [7, 11) is 3.90. The van der Waals surface area contributed by atoms with E-state index in [0.717, 1.165) is 18.5 Å². The molecule has 0 spiro atoms. The second-order valence-electron chi connectivity index (χ2n) is 19.4. The number of amides is 1. The molecule has 20 heteroatoms. The average Bonchev–Trinajstić information content (AvgIpc) is 4.03. The van der Waals surface area contributed by atoms with Gasteiger partial charge in [-0.1, -0.05) is 31.5 Å². The molecule has 1 aromatic heterocycles. The minimum absolute atomic E-state index is 0.0606. The molecular weight excluding hydrogens is 848 g/mol. The number of benzene rings is 1. The van der Waals surface area contributed by atoms with E-state index >= 15 is 0 Å². The quantitative estimate of drug-likeness (QED) is 0.140. The topological polar surface area (TPSA) is 232 Å². The van der Waals surface area contributed by atoms with Crippen molar-refractivity contribution in [3.63, 3.8) is 0 Å². The van der Waals surface area contributed by atoms with Crippen molar-refractivity contribution < 1.29 is 63.3 Å². The van der Waals surface area contributed by atoms with Crippen LogP contribution in [0.1, 0.15) is 87.5 Å². The molecule has 3 saturated heterocycles. The Morgan fingerprint density at radius 1 is 1.08 bits per heavy atom. The van der Waals surface area contributed by atoms with Crippen LogP contribution in [-0.2, 0) is 23.7 Å². The lowest BCUT2D eigenvalue weighted by Gasteiger charge is -2.45. The molecule has 19 nitrogen and oxygen atoms in total. The Morgan fingerprint density at radius 2 is 1.82 bits per heavy atom. The lowest BCUT2D eigenvalue weighted by molar-refractivity contribution is -0.678. The summed E-state index contributed by atoms with van der Waals surface area (Å²) in [5, 5.41) is 52.5. The Bertz CT molecular complexity index is 1940. The molecule has 4 aliphatic heterocycles. The maximum atomic E-state index is 14.9. The Hall–Kier alpha value is -3.83. The highest BCUT2D eigenvalue weighted by Crippen LogP contribution is 2.37. The van der Waals surface area contributed by atoms with E-state index in [1.54, 1.807) is 40.7 Å². The molecule has 4 aliphatic rings. The van der Waals surface area contributed by atoms with Gasteiger partial charge in [0.1, 0.15) is 35.4 Å². The van der Waals surface area contributed by atoms with Crippen molar-refractivity contribution in [1.29, 1.82) is 0 Å². The molecule has 0 radical (unpaired) electrons. The molecule has 7 N–H and O–H groups in total. The van der Waals surface area contributed by atoms with Gasteiger partial charge in [-0.3, -0.25) is 14.7 Å². The van der Waals surface area contributed by atoms with Gasteiger partial charge in [0.15, 0.2) is 6.29 Å². The summed E-state index contributed by atoms with van der Waals surface area (Å²) in [6.45, 7) is 15.8. The van der Waals surface area contributed by atoms with E-state index in [1.165, 1.54) is 24.0 Å². The number of cyclic esters (lactones) is 2. The molecule has 5 heterocycles. The maximum Gasteiger partial charge on any atom is 0.414 e. The Kier molecular flexibility index (Phi) is 16.3. The number of aliphatic hydroxyl groups excluding tert-OH is 2. The first-order valence-electron chi connectivity index (χ1n) is 22.9. The van der Waals surface area contributed by atoms with Crippen molar-refractivity contribution in [2.75, 3.05) is 45.2 Å². The van der Waals surface area contributed by atoms with Crippen molar-refractivity contribution >= 4 is 17.7 Å². The Balaban J connectivity index is 1.07. The van der Waals surface area contributed by atoms with Gasteiger partial charge in [0.25, 0.3) is 0 Å². The normalized spacial score (nSPS) is 37.2. The van der Waals surface area contributed by atoms with Crippen molar-refractivity contribution in [1.82, 2.24) is 30.5 Å². The summed E-state index contributed by atoms with van der Waals surface area (Å²) in [6, 6.07) is 3.91. The maximum absolute atomic E-state index is 14.9. The Morgan fingerprint density at radius 3 is 2.49 bits per heavy atom. The number of aliphatic hydroxyl groups is 4. The standard InChI is InChI=1S/C45H71FN8O11/c1-11-36-45(8,60)39(56)29(6)52(10)20-25(2)19-44(7,59)40(27(4)38(55)28(5)42(57)64-36)65-37-18-32(16-26(3)62-37)51(9)15-14-30-21-53(50-48-30)22-33-23-54(43(58)63-33)31-12-13-34(35(46)17-31)41-47-24-61-49-41/h12-13,17,21,24-29,32-33,36-40,48,50,55-56,59-60H,11,14-16,18-20,22-23H2,1-10H3/p+1/t25-,26-,27+,28-,29-,32+,33+,36-,37+,38+,39-,40-,44-,45-/m1/s1. The third-order valence-corrected chi connectivity index (χ3v) is 13.9. The van der Waals surface area contributed by atoms with E-state index in [2.05, 4.69) is 27.6 Å². The zero-order valence-corrected chi connectivity index (χ0v) is 39.5. The number of carbonyl (C=O) groups excluding carboxylic acids is 2. The molecule has 0 bridgehead atoms. The number of carbonyl (C=O) groups is 2. The second-order valence-corrected chi connectivity index (χ2v) is 19.4. The van der Waals surface area contributed by atoms with Crippen LogP contribution in [0, 0.1) is 23.6 Å². The predicted molar refractivity (Wildman–Crippen MR) is 234 cm³/mol. The highest BCUT2D eigenvalue weighted by atomic mass is 19.1. The Labute approximate surface area is 381 Å². The number of likely N-dealkylation sites (N-methyl/N-ethyl adjacent to an activating group) is 1. The third kappa shape index (κ3) is 11.8. The van der Waals surface area contributed by atoms with E-state index in [0.29, 0.717) is 38.2 Å². The van der Waals surface area contributed by atoms with Gasteiger partial charge < -0.3 is 53.7 Å². The molecule has 1 aromatic carbocycles. The van der Waals surface area contributed by atoms with Crippen LogP contribution in [0.25, 0.3) is 11.4 Å². The van der Waals surface area contributed by atoms with E-state index in [4.69, 9.17) is 23.5 Å². The summed E-state index contributed by atoms with van der Waals surface area (Å²) in [5.74, 6) is -3.10. The smallest absolute Gasteiger partial charge is 0.414 e. The van der Waals surface area contributed by atoms with Crippen molar-refractivity contribution in [3.8, 4) is 11.4 Å². The summed E-state index contributed by atoms with van der Waals surface area (Å²) >= 11 is 0. The van der Waals surface area contributed by atoms with Crippen molar-refractivity contribution in [2.24, 2.45) is 17.8 Å². The molecule has 14 atom stereocenters. The second kappa shape index (κ2) is 21.0. The molecule has 3 fully saturated rings. The van der Waals surface area contributed by atoms with Crippen LogP contribution in [0.5, 0.6) is 0 Å². The molecular formula is C45H72FN8O11+. The van der Waals surface area contributed by atoms with Crippen LogP contribution < -0.4 is 15.9 Å².